The van der Waals surface area contributed by atoms with E-state index in [1.807, 2.05) is 0 Å². The molecular weight excluding hydrogens is 240 g/mol. The van der Waals surface area contributed by atoms with E-state index in [-0.39, 0.29) is 18.2 Å². The van der Waals surface area contributed by atoms with Crippen molar-refractivity contribution in [3.05, 3.63) is 0 Å². The quantitative estimate of drug-likeness (QED) is 0.669. The first-order chi connectivity index (χ1) is 7.24. The maximum absolute atomic E-state index is 10.0. The first kappa shape index (κ1) is 17.2. The second-order valence-corrected chi connectivity index (χ2v) is 5.67. The van der Waals surface area contributed by atoms with Gasteiger partial charge in [-0.1, -0.05) is 0 Å². The summed E-state index contributed by atoms with van der Waals surface area (Å²) >= 11 is 0. The van der Waals surface area contributed by atoms with E-state index >= 15 is 0 Å². The zero-order chi connectivity index (χ0) is 12.4. The van der Waals surface area contributed by atoms with E-state index in [1.165, 1.54) is 0 Å². The van der Waals surface area contributed by atoms with E-state index < -0.39 is 18.3 Å². The second-order valence-electron chi connectivity index (χ2n) is 5.67. The monoisotopic (exact) mass is 265 g/mol. The van der Waals surface area contributed by atoms with Crippen molar-refractivity contribution in [2.45, 2.75) is 57.6 Å². The van der Waals surface area contributed by atoms with Crippen molar-refractivity contribution in [2.24, 2.45) is 0 Å². The lowest BCUT2D eigenvalue weighted by atomic mass is 9.66. The molecule has 1 heterocycles. The van der Waals surface area contributed by atoms with Gasteiger partial charge in [-0.3, -0.25) is 0 Å². The van der Waals surface area contributed by atoms with Gasteiger partial charge in [-0.2, -0.15) is 0 Å². The summed E-state index contributed by atoms with van der Waals surface area (Å²) in [6, 6.07) is 0. The van der Waals surface area contributed by atoms with Gasteiger partial charge in [0.05, 0.1) is 11.2 Å². The molecule has 1 fully saturated rings. The first-order valence-electron chi connectivity index (χ1n) is 6.03. The molecule has 0 aromatic heterocycles. The zero-order valence-corrected chi connectivity index (χ0v) is 12.0. The van der Waals surface area contributed by atoms with Crippen LogP contribution in [0.5, 0.6) is 0 Å². The third-order valence-electron chi connectivity index (χ3n) is 3.68. The Balaban J connectivity index is 0.00000256. The Morgan fingerprint density at radius 2 is 1.65 bits per heavy atom. The molecule has 0 atom stereocenters. The van der Waals surface area contributed by atoms with Crippen LogP contribution in [-0.2, 0) is 4.65 Å². The molecule has 4 nitrogen and oxygen atoms in total. The van der Waals surface area contributed by atoms with Gasteiger partial charge in [0.1, 0.15) is 0 Å². The van der Waals surface area contributed by atoms with Gasteiger partial charge in [0, 0.05) is 0 Å². The molecule has 1 rings (SSSR count). The molecule has 0 amide bonds. The van der Waals surface area contributed by atoms with Crippen molar-refractivity contribution in [1.82, 2.24) is 5.32 Å². The van der Waals surface area contributed by atoms with Crippen molar-refractivity contribution in [2.75, 3.05) is 13.1 Å². The van der Waals surface area contributed by atoms with Crippen LogP contribution in [0.3, 0.4) is 0 Å². The van der Waals surface area contributed by atoms with E-state index in [4.69, 9.17) is 4.65 Å². The van der Waals surface area contributed by atoms with Crippen LogP contribution >= 0.6 is 12.4 Å². The summed E-state index contributed by atoms with van der Waals surface area (Å²) in [6.45, 7) is 8.85. The fourth-order valence-electron chi connectivity index (χ4n) is 1.67. The largest absolute Gasteiger partial charge is 0.458 e. The molecule has 0 aromatic rings. The maximum atomic E-state index is 10.0. The Morgan fingerprint density at radius 1 is 1.18 bits per heavy atom. The number of aliphatic hydroxyl groups is 1. The number of rotatable bonds is 4. The third kappa shape index (κ3) is 4.76. The van der Waals surface area contributed by atoms with Crippen LogP contribution in [0.25, 0.3) is 0 Å². The van der Waals surface area contributed by atoms with Crippen LogP contribution in [0.4, 0.5) is 0 Å². The van der Waals surface area contributed by atoms with E-state index in [2.05, 4.69) is 5.32 Å². The van der Waals surface area contributed by atoms with Gasteiger partial charge < -0.3 is 20.1 Å². The van der Waals surface area contributed by atoms with Crippen molar-refractivity contribution in [3.8, 4) is 0 Å². The van der Waals surface area contributed by atoms with Gasteiger partial charge in [-0.25, -0.2) is 0 Å². The maximum Gasteiger partial charge on any atom is 0.458 e. The fourth-order valence-corrected chi connectivity index (χ4v) is 1.67. The fraction of sp³-hybridized carbons (Fsp3) is 1.00. The molecule has 0 unspecified atom stereocenters. The third-order valence-corrected chi connectivity index (χ3v) is 3.68. The Hall–Kier alpha value is 0.195. The highest BCUT2D eigenvalue weighted by molar-refractivity contribution is 6.45. The molecule has 102 valence electrons. The van der Waals surface area contributed by atoms with E-state index in [0.29, 0.717) is 0 Å². The number of nitrogens with one attached hydrogen (secondary N) is 1. The average molecular weight is 266 g/mol. The van der Waals surface area contributed by atoms with E-state index in [9.17, 15) is 10.1 Å². The summed E-state index contributed by atoms with van der Waals surface area (Å²) in [4.78, 5) is 0. The van der Waals surface area contributed by atoms with Gasteiger partial charge in [-0.15, -0.1) is 12.4 Å². The van der Waals surface area contributed by atoms with Crippen LogP contribution < -0.4 is 5.32 Å². The Morgan fingerprint density at radius 3 is 2.06 bits per heavy atom. The molecule has 0 aromatic carbocycles. The molecular formula is C11H25BClNO3. The van der Waals surface area contributed by atoms with Crippen LogP contribution in [0.1, 0.15) is 40.5 Å². The smallest absolute Gasteiger partial charge is 0.427 e. The summed E-state index contributed by atoms with van der Waals surface area (Å²) in [5.74, 6) is 0.169. The van der Waals surface area contributed by atoms with Crippen LogP contribution in [-0.4, -0.2) is 41.5 Å². The zero-order valence-electron chi connectivity index (χ0n) is 11.2. The molecule has 0 spiro atoms. The van der Waals surface area contributed by atoms with Gasteiger partial charge in [-0.05, 0) is 59.4 Å². The highest BCUT2D eigenvalue weighted by atomic mass is 35.5. The van der Waals surface area contributed by atoms with E-state index in [1.54, 1.807) is 27.7 Å². The van der Waals surface area contributed by atoms with Crippen LogP contribution in [0, 0.1) is 0 Å². The molecule has 0 saturated carbocycles. The lowest BCUT2D eigenvalue weighted by Gasteiger charge is -2.40. The molecule has 0 aliphatic carbocycles. The van der Waals surface area contributed by atoms with Gasteiger partial charge in [0.2, 0.25) is 0 Å². The normalized spacial score (nSPS) is 18.7. The minimum absolute atomic E-state index is 0. The summed E-state index contributed by atoms with van der Waals surface area (Å²) in [5, 5.41) is 23.2. The molecule has 0 bridgehead atoms. The highest BCUT2D eigenvalue weighted by Crippen LogP contribution is 2.30. The number of hydrogen-bond donors (Lipinski definition) is 3. The Bertz CT molecular complexity index is 227. The molecule has 17 heavy (non-hydrogen) atoms. The molecule has 6 heteroatoms. The minimum Gasteiger partial charge on any atom is -0.427 e. The highest BCUT2D eigenvalue weighted by Gasteiger charge is 2.41. The van der Waals surface area contributed by atoms with Crippen molar-refractivity contribution in [3.63, 3.8) is 0 Å². The molecule has 1 saturated heterocycles. The summed E-state index contributed by atoms with van der Waals surface area (Å²) in [6.07, 6.45) is 1.84. The topological polar surface area (TPSA) is 61.7 Å². The van der Waals surface area contributed by atoms with Crippen molar-refractivity contribution in [1.29, 1.82) is 0 Å². The van der Waals surface area contributed by atoms with Gasteiger partial charge in [0.25, 0.3) is 0 Å². The summed E-state index contributed by atoms with van der Waals surface area (Å²) in [5.41, 5.74) is -1.72. The Kier molecular flexibility index (Phi) is 6.46. The predicted molar refractivity (Wildman–Crippen MR) is 72.5 cm³/mol. The Labute approximate surface area is 111 Å². The predicted octanol–water partition coefficient (Wildman–Crippen LogP) is 1.21. The standard InChI is InChI=1S/C11H24BNO3.ClH/c1-10(2,14)11(3,4)16-12(15)9-5-7-13-8-6-9;/h9,13-15H,5-8H2,1-4H3;1H. The second kappa shape index (κ2) is 6.39. The SMILES string of the molecule is CC(C)(O)C(C)(C)OB(O)C1CCNCC1.Cl. The molecule has 0 radical (unpaired) electrons. The summed E-state index contributed by atoms with van der Waals surface area (Å²) in [7, 11) is -0.788. The van der Waals surface area contributed by atoms with Gasteiger partial charge in [0.15, 0.2) is 0 Å². The first-order valence-corrected chi connectivity index (χ1v) is 6.03. The number of hydrogen-bond acceptors (Lipinski definition) is 4. The van der Waals surface area contributed by atoms with E-state index in [0.717, 1.165) is 25.9 Å². The number of halogens is 1. The van der Waals surface area contributed by atoms with Crippen LogP contribution in [0.2, 0.25) is 5.82 Å². The van der Waals surface area contributed by atoms with Gasteiger partial charge >= 0.3 is 7.12 Å². The number of piperidine rings is 1. The molecule has 3 N–H and O–H groups in total. The van der Waals surface area contributed by atoms with Crippen LogP contribution in [0.15, 0.2) is 0 Å². The lowest BCUT2D eigenvalue weighted by molar-refractivity contribution is -0.101. The van der Waals surface area contributed by atoms with Crippen molar-refractivity contribution < 1.29 is 14.8 Å². The van der Waals surface area contributed by atoms with Crippen molar-refractivity contribution >= 4 is 19.5 Å². The average Bonchev–Trinajstić information content (AvgIpc) is 2.16. The molecule has 1 aliphatic heterocycles. The molecule has 1 aliphatic rings. The summed E-state index contributed by atoms with van der Waals surface area (Å²) < 4.78 is 5.62. The lowest BCUT2D eigenvalue weighted by Crippen LogP contribution is -2.51. The minimum atomic E-state index is -0.971.